The molecule has 1 spiro atoms. The van der Waals surface area contributed by atoms with E-state index in [0.29, 0.717) is 6.04 Å². The lowest BCUT2D eigenvalue weighted by Gasteiger charge is -2.38. The van der Waals surface area contributed by atoms with Gasteiger partial charge in [0.2, 0.25) is 0 Å². The largest absolute Gasteiger partial charge is 0.310 e. The minimum atomic E-state index is 0.516. The monoisotopic (exact) mass is 261 g/mol. The second kappa shape index (κ2) is 5.66. The molecule has 2 aliphatic rings. The van der Waals surface area contributed by atoms with Gasteiger partial charge in [0.25, 0.3) is 0 Å². The molecular weight excluding hydrogens is 234 g/mol. The summed E-state index contributed by atoms with van der Waals surface area (Å²) >= 11 is 0. The summed E-state index contributed by atoms with van der Waals surface area (Å²) in [7, 11) is 0. The van der Waals surface area contributed by atoms with Crippen LogP contribution in [-0.4, -0.2) is 21.9 Å². The Morgan fingerprint density at radius 1 is 1.26 bits per heavy atom. The summed E-state index contributed by atoms with van der Waals surface area (Å²) < 4.78 is 2.03. The molecule has 1 aromatic rings. The van der Waals surface area contributed by atoms with Gasteiger partial charge in [-0.2, -0.15) is 5.10 Å². The lowest BCUT2D eigenvalue weighted by molar-refractivity contribution is 0.161. The molecule has 2 aliphatic carbocycles. The van der Waals surface area contributed by atoms with Gasteiger partial charge in [-0.3, -0.25) is 4.68 Å². The van der Waals surface area contributed by atoms with Crippen LogP contribution in [0.5, 0.6) is 0 Å². The van der Waals surface area contributed by atoms with Gasteiger partial charge in [-0.15, -0.1) is 0 Å². The van der Waals surface area contributed by atoms with E-state index < -0.39 is 0 Å². The van der Waals surface area contributed by atoms with E-state index >= 15 is 0 Å². The first-order valence-corrected chi connectivity index (χ1v) is 7.99. The van der Waals surface area contributed by atoms with Crippen LogP contribution in [0.25, 0.3) is 0 Å². The second-order valence-electron chi connectivity index (χ2n) is 6.78. The molecule has 1 unspecified atom stereocenters. The van der Waals surface area contributed by atoms with Gasteiger partial charge in [0, 0.05) is 24.5 Å². The topological polar surface area (TPSA) is 29.9 Å². The molecule has 0 aliphatic heterocycles. The number of hydrogen-bond acceptors (Lipinski definition) is 2. The average Bonchev–Trinajstić information content (AvgIpc) is 3.05. The zero-order chi connectivity index (χ0) is 13.1. The van der Waals surface area contributed by atoms with Gasteiger partial charge in [0.05, 0.1) is 6.54 Å². The van der Waals surface area contributed by atoms with Gasteiger partial charge in [-0.1, -0.05) is 12.8 Å². The Balaban J connectivity index is 1.44. The van der Waals surface area contributed by atoms with Crippen molar-refractivity contribution in [1.82, 2.24) is 15.1 Å². The first kappa shape index (κ1) is 13.2. The number of rotatable bonds is 4. The molecule has 1 heterocycles. The molecule has 0 bridgehead atoms. The van der Waals surface area contributed by atoms with Crippen molar-refractivity contribution in [2.24, 2.45) is 5.41 Å². The maximum absolute atomic E-state index is 4.28. The number of nitrogens with zero attached hydrogens (tertiary/aromatic N) is 2. The molecule has 1 N–H and O–H groups in total. The van der Waals surface area contributed by atoms with E-state index in [1.165, 1.54) is 51.4 Å². The van der Waals surface area contributed by atoms with Crippen molar-refractivity contribution < 1.29 is 0 Å². The molecule has 1 aromatic heterocycles. The van der Waals surface area contributed by atoms with Gasteiger partial charge in [-0.25, -0.2) is 0 Å². The van der Waals surface area contributed by atoms with Crippen molar-refractivity contribution in [3.8, 4) is 0 Å². The summed E-state index contributed by atoms with van der Waals surface area (Å²) in [5, 5.41) is 8.09. The summed E-state index contributed by atoms with van der Waals surface area (Å²) in [6.45, 7) is 3.26. The molecule has 0 amide bonds. The van der Waals surface area contributed by atoms with Crippen LogP contribution < -0.4 is 5.32 Å². The van der Waals surface area contributed by atoms with Gasteiger partial charge >= 0.3 is 0 Å². The van der Waals surface area contributed by atoms with Crippen molar-refractivity contribution >= 4 is 0 Å². The summed E-state index contributed by atoms with van der Waals surface area (Å²) in [6, 6.07) is 3.25. The molecule has 2 fully saturated rings. The number of aromatic nitrogens is 2. The fraction of sp³-hybridized carbons (Fsp3) is 0.812. The first-order valence-electron chi connectivity index (χ1n) is 7.99. The molecule has 3 rings (SSSR count). The maximum Gasteiger partial charge on any atom is 0.0560 e. The van der Waals surface area contributed by atoms with Crippen LogP contribution in [0.2, 0.25) is 0 Å². The van der Waals surface area contributed by atoms with Crippen molar-refractivity contribution in [2.45, 2.75) is 76.9 Å². The van der Waals surface area contributed by atoms with Crippen LogP contribution in [-0.2, 0) is 6.54 Å². The highest BCUT2D eigenvalue weighted by molar-refractivity contribution is 4.91. The molecule has 2 saturated carbocycles. The Morgan fingerprint density at radius 3 is 2.63 bits per heavy atom. The Labute approximate surface area is 116 Å². The summed E-state index contributed by atoms with van der Waals surface area (Å²) in [6.07, 6.45) is 15.5. The van der Waals surface area contributed by atoms with E-state index in [9.17, 15) is 0 Å². The summed E-state index contributed by atoms with van der Waals surface area (Å²) in [5.74, 6) is 0. The third-order valence-corrected chi connectivity index (χ3v) is 5.25. The van der Waals surface area contributed by atoms with Gasteiger partial charge in [0.1, 0.15) is 0 Å². The normalized spacial score (nSPS) is 24.9. The predicted octanol–water partition coefficient (Wildman–Crippen LogP) is 3.36. The zero-order valence-electron chi connectivity index (χ0n) is 12.1. The lowest BCUT2D eigenvalue weighted by Crippen LogP contribution is -2.42. The van der Waals surface area contributed by atoms with Crippen LogP contribution >= 0.6 is 0 Å². The van der Waals surface area contributed by atoms with Gasteiger partial charge in [-0.05, 0) is 56.9 Å². The quantitative estimate of drug-likeness (QED) is 0.900. The average molecular weight is 261 g/mol. The third kappa shape index (κ3) is 3.19. The number of nitrogens with one attached hydrogen (secondary N) is 1. The Kier molecular flexibility index (Phi) is 3.92. The van der Waals surface area contributed by atoms with Gasteiger partial charge < -0.3 is 5.32 Å². The van der Waals surface area contributed by atoms with Crippen molar-refractivity contribution in [3.05, 3.63) is 18.5 Å². The van der Waals surface area contributed by atoms with Gasteiger partial charge in [0.15, 0.2) is 0 Å². The molecule has 1 atom stereocenters. The molecule has 19 heavy (non-hydrogen) atoms. The molecule has 3 nitrogen and oxygen atoms in total. The standard InChI is InChI=1S/C16H27N3/c1-14(13-19-12-4-11-17-19)18-15-5-9-16(10-6-15)7-2-3-8-16/h4,11-12,14-15,18H,2-3,5-10,13H2,1H3. The Hall–Kier alpha value is -0.830. The van der Waals surface area contributed by atoms with E-state index in [1.807, 2.05) is 23.1 Å². The van der Waals surface area contributed by atoms with E-state index in [0.717, 1.165) is 18.0 Å². The molecule has 106 valence electrons. The predicted molar refractivity (Wildman–Crippen MR) is 78.0 cm³/mol. The van der Waals surface area contributed by atoms with Crippen LogP contribution in [0, 0.1) is 5.41 Å². The second-order valence-corrected chi connectivity index (χ2v) is 6.78. The van der Waals surface area contributed by atoms with Crippen LogP contribution in [0.4, 0.5) is 0 Å². The van der Waals surface area contributed by atoms with E-state index in [4.69, 9.17) is 0 Å². The van der Waals surface area contributed by atoms with Crippen LogP contribution in [0.1, 0.15) is 58.3 Å². The minimum absolute atomic E-state index is 0.516. The maximum atomic E-state index is 4.28. The minimum Gasteiger partial charge on any atom is -0.310 e. The summed E-state index contributed by atoms with van der Waals surface area (Å²) in [5.41, 5.74) is 0.753. The molecular formula is C16H27N3. The highest BCUT2D eigenvalue weighted by Crippen LogP contribution is 2.48. The van der Waals surface area contributed by atoms with Crippen molar-refractivity contribution in [2.75, 3.05) is 0 Å². The van der Waals surface area contributed by atoms with E-state index in [2.05, 4.69) is 17.3 Å². The summed E-state index contributed by atoms with van der Waals surface area (Å²) in [4.78, 5) is 0. The van der Waals surface area contributed by atoms with E-state index in [-0.39, 0.29) is 0 Å². The van der Waals surface area contributed by atoms with E-state index in [1.54, 1.807) is 0 Å². The Morgan fingerprint density at radius 2 is 2.00 bits per heavy atom. The van der Waals surface area contributed by atoms with Crippen LogP contribution in [0.3, 0.4) is 0 Å². The fourth-order valence-corrected chi connectivity index (χ4v) is 4.17. The highest BCUT2D eigenvalue weighted by Gasteiger charge is 2.37. The lowest BCUT2D eigenvalue weighted by atomic mass is 9.71. The first-order chi connectivity index (χ1) is 9.26. The number of hydrogen-bond donors (Lipinski definition) is 1. The van der Waals surface area contributed by atoms with Crippen LogP contribution in [0.15, 0.2) is 18.5 Å². The highest BCUT2D eigenvalue weighted by atomic mass is 15.3. The SMILES string of the molecule is CC(Cn1cccn1)NC1CCC2(CCCC2)CC1. The zero-order valence-corrected chi connectivity index (χ0v) is 12.1. The smallest absolute Gasteiger partial charge is 0.0560 e. The van der Waals surface area contributed by atoms with Crippen molar-refractivity contribution in [3.63, 3.8) is 0 Å². The molecule has 0 aromatic carbocycles. The fourth-order valence-electron chi connectivity index (χ4n) is 4.17. The third-order valence-electron chi connectivity index (χ3n) is 5.25. The molecule has 0 radical (unpaired) electrons. The Bertz CT molecular complexity index is 369. The molecule has 0 saturated heterocycles. The van der Waals surface area contributed by atoms with Crippen molar-refractivity contribution in [1.29, 1.82) is 0 Å². The molecule has 3 heteroatoms.